The predicted octanol–water partition coefficient (Wildman–Crippen LogP) is 2.63. The lowest BCUT2D eigenvalue weighted by Crippen LogP contribution is -2.54. The van der Waals surface area contributed by atoms with Crippen molar-refractivity contribution in [3.05, 3.63) is 65.7 Å². The SMILES string of the molecule is COC(=O)[C@H](Cc1cccc(OCc2ccccc2)c1)NC(=O)[C@H](NC(C)=O)C(C)C. The van der Waals surface area contributed by atoms with Gasteiger partial charge in [0, 0.05) is 13.3 Å². The van der Waals surface area contributed by atoms with Crippen LogP contribution in [0.25, 0.3) is 0 Å². The summed E-state index contributed by atoms with van der Waals surface area (Å²) in [5, 5.41) is 5.33. The molecule has 0 saturated carbocycles. The zero-order chi connectivity index (χ0) is 22.8. The molecule has 0 fully saturated rings. The first-order chi connectivity index (χ1) is 14.8. The Kier molecular flexibility index (Phi) is 9.06. The van der Waals surface area contributed by atoms with E-state index in [1.54, 1.807) is 0 Å². The lowest BCUT2D eigenvalue weighted by Gasteiger charge is -2.24. The Bertz CT molecular complexity index is 883. The van der Waals surface area contributed by atoms with Gasteiger partial charge in [0.25, 0.3) is 0 Å². The van der Waals surface area contributed by atoms with Crippen LogP contribution in [-0.2, 0) is 32.1 Å². The maximum absolute atomic E-state index is 12.7. The molecule has 2 rings (SSSR count). The van der Waals surface area contributed by atoms with Crippen LogP contribution in [0.5, 0.6) is 5.75 Å². The topological polar surface area (TPSA) is 93.7 Å². The van der Waals surface area contributed by atoms with Gasteiger partial charge in [0.2, 0.25) is 11.8 Å². The van der Waals surface area contributed by atoms with Crippen LogP contribution in [0.1, 0.15) is 31.9 Å². The van der Waals surface area contributed by atoms with E-state index in [2.05, 4.69) is 10.6 Å². The van der Waals surface area contributed by atoms with Gasteiger partial charge in [-0.25, -0.2) is 4.79 Å². The highest BCUT2D eigenvalue weighted by molar-refractivity contribution is 5.90. The van der Waals surface area contributed by atoms with Gasteiger partial charge in [0.15, 0.2) is 0 Å². The summed E-state index contributed by atoms with van der Waals surface area (Å²) in [6.07, 6.45) is 0.228. The largest absolute Gasteiger partial charge is 0.489 e. The number of methoxy groups -OCH3 is 1. The molecule has 0 saturated heterocycles. The highest BCUT2D eigenvalue weighted by Crippen LogP contribution is 2.17. The van der Waals surface area contributed by atoms with Gasteiger partial charge in [-0.05, 0) is 29.2 Å². The minimum atomic E-state index is -0.892. The van der Waals surface area contributed by atoms with Crippen molar-refractivity contribution in [2.24, 2.45) is 5.92 Å². The van der Waals surface area contributed by atoms with Crippen molar-refractivity contribution < 1.29 is 23.9 Å². The molecule has 166 valence electrons. The molecule has 0 unspecified atom stereocenters. The highest BCUT2D eigenvalue weighted by Gasteiger charge is 2.28. The second-order valence-corrected chi connectivity index (χ2v) is 7.63. The van der Waals surface area contributed by atoms with Crippen LogP contribution < -0.4 is 15.4 Å². The van der Waals surface area contributed by atoms with E-state index in [0.29, 0.717) is 12.4 Å². The third-order valence-corrected chi connectivity index (χ3v) is 4.70. The average molecular weight is 427 g/mol. The summed E-state index contributed by atoms with van der Waals surface area (Å²) in [7, 11) is 1.27. The molecule has 2 aromatic rings. The van der Waals surface area contributed by atoms with Crippen LogP contribution in [0.3, 0.4) is 0 Å². The predicted molar refractivity (Wildman–Crippen MR) is 117 cm³/mol. The highest BCUT2D eigenvalue weighted by atomic mass is 16.5. The van der Waals surface area contributed by atoms with E-state index in [4.69, 9.17) is 9.47 Å². The van der Waals surface area contributed by atoms with E-state index in [9.17, 15) is 14.4 Å². The summed E-state index contributed by atoms with van der Waals surface area (Å²) < 4.78 is 10.7. The number of esters is 1. The number of carbonyl (C=O) groups is 3. The smallest absolute Gasteiger partial charge is 0.328 e. The second-order valence-electron chi connectivity index (χ2n) is 7.63. The molecule has 2 amide bonds. The molecule has 31 heavy (non-hydrogen) atoms. The number of rotatable bonds is 10. The van der Waals surface area contributed by atoms with Gasteiger partial charge in [-0.1, -0.05) is 56.3 Å². The molecule has 0 aliphatic carbocycles. The summed E-state index contributed by atoms with van der Waals surface area (Å²) in [5.41, 5.74) is 1.85. The Morgan fingerprint density at radius 3 is 2.23 bits per heavy atom. The van der Waals surface area contributed by atoms with Gasteiger partial charge in [0.05, 0.1) is 7.11 Å². The number of benzene rings is 2. The Morgan fingerprint density at radius 2 is 1.61 bits per heavy atom. The van der Waals surface area contributed by atoms with Crippen molar-refractivity contribution in [3.8, 4) is 5.75 Å². The number of ether oxygens (including phenoxy) is 2. The Balaban J connectivity index is 2.09. The lowest BCUT2D eigenvalue weighted by atomic mass is 10.0. The van der Waals surface area contributed by atoms with Crippen LogP contribution in [-0.4, -0.2) is 37.0 Å². The van der Waals surface area contributed by atoms with Crippen LogP contribution in [0.2, 0.25) is 0 Å². The summed E-state index contributed by atoms with van der Waals surface area (Å²) in [6.45, 7) is 5.41. The van der Waals surface area contributed by atoms with E-state index in [1.165, 1.54) is 14.0 Å². The van der Waals surface area contributed by atoms with Crippen molar-refractivity contribution in [3.63, 3.8) is 0 Å². The number of nitrogens with one attached hydrogen (secondary N) is 2. The quantitative estimate of drug-likeness (QED) is 0.570. The Morgan fingerprint density at radius 1 is 0.935 bits per heavy atom. The molecule has 0 spiro atoms. The molecular formula is C24H30N2O5. The molecule has 0 aromatic heterocycles. The van der Waals surface area contributed by atoms with Crippen LogP contribution in [0.15, 0.2) is 54.6 Å². The van der Waals surface area contributed by atoms with Crippen LogP contribution in [0.4, 0.5) is 0 Å². The van der Waals surface area contributed by atoms with E-state index in [0.717, 1.165) is 11.1 Å². The minimum absolute atomic E-state index is 0.142. The van der Waals surface area contributed by atoms with Crippen molar-refractivity contribution in [2.75, 3.05) is 7.11 Å². The van der Waals surface area contributed by atoms with Crippen molar-refractivity contribution in [2.45, 2.75) is 45.9 Å². The standard InChI is InChI=1S/C24H30N2O5/c1-16(2)22(25-17(3)27)23(28)26-21(24(29)30-4)14-19-11-8-12-20(13-19)31-15-18-9-6-5-7-10-18/h5-13,16,21-22H,14-15H2,1-4H3,(H,25,27)(H,26,28)/t21-,22+/m0/s1. The van der Waals surface area contributed by atoms with Gasteiger partial charge in [-0.3, -0.25) is 9.59 Å². The van der Waals surface area contributed by atoms with E-state index < -0.39 is 24.0 Å². The zero-order valence-corrected chi connectivity index (χ0v) is 18.4. The van der Waals surface area contributed by atoms with Crippen molar-refractivity contribution in [1.29, 1.82) is 0 Å². The minimum Gasteiger partial charge on any atom is -0.489 e. The first kappa shape index (κ1) is 23.9. The molecule has 2 atom stereocenters. The zero-order valence-electron chi connectivity index (χ0n) is 18.4. The fraction of sp³-hybridized carbons (Fsp3) is 0.375. The molecule has 0 aliphatic heterocycles. The Hall–Kier alpha value is -3.35. The van der Waals surface area contributed by atoms with Crippen molar-refractivity contribution >= 4 is 17.8 Å². The third-order valence-electron chi connectivity index (χ3n) is 4.70. The number of carbonyl (C=O) groups excluding carboxylic acids is 3. The maximum Gasteiger partial charge on any atom is 0.328 e. The number of amides is 2. The fourth-order valence-electron chi connectivity index (χ4n) is 3.09. The molecule has 7 heteroatoms. The summed E-state index contributed by atoms with van der Waals surface area (Å²) in [6, 6.07) is 15.5. The van der Waals surface area contributed by atoms with Gasteiger partial charge < -0.3 is 20.1 Å². The molecule has 0 bridgehead atoms. The van der Waals surface area contributed by atoms with Gasteiger partial charge in [-0.15, -0.1) is 0 Å². The van der Waals surface area contributed by atoms with E-state index in [-0.39, 0.29) is 18.2 Å². The van der Waals surface area contributed by atoms with Gasteiger partial charge in [0.1, 0.15) is 24.4 Å². The van der Waals surface area contributed by atoms with E-state index >= 15 is 0 Å². The number of hydrogen-bond donors (Lipinski definition) is 2. The van der Waals surface area contributed by atoms with Crippen LogP contribution in [0, 0.1) is 5.92 Å². The summed E-state index contributed by atoms with van der Waals surface area (Å²) in [4.78, 5) is 36.5. The van der Waals surface area contributed by atoms with Gasteiger partial charge in [-0.2, -0.15) is 0 Å². The molecule has 0 radical (unpaired) electrons. The third kappa shape index (κ3) is 7.77. The maximum atomic E-state index is 12.7. The molecule has 2 aromatic carbocycles. The van der Waals surface area contributed by atoms with E-state index in [1.807, 2.05) is 68.4 Å². The molecule has 2 N–H and O–H groups in total. The first-order valence-corrected chi connectivity index (χ1v) is 10.2. The molecule has 0 heterocycles. The summed E-state index contributed by atoms with van der Waals surface area (Å²) >= 11 is 0. The number of hydrogen-bond acceptors (Lipinski definition) is 5. The second kappa shape index (κ2) is 11.7. The monoisotopic (exact) mass is 426 g/mol. The molecule has 0 aliphatic rings. The lowest BCUT2D eigenvalue weighted by molar-refractivity contribution is -0.145. The normalized spacial score (nSPS) is 12.5. The van der Waals surface area contributed by atoms with Gasteiger partial charge >= 0.3 is 5.97 Å². The average Bonchev–Trinajstić information content (AvgIpc) is 2.75. The summed E-state index contributed by atoms with van der Waals surface area (Å²) in [5.74, 6) is -0.787. The molecular weight excluding hydrogens is 396 g/mol. The fourth-order valence-corrected chi connectivity index (χ4v) is 3.09. The van der Waals surface area contributed by atoms with Crippen LogP contribution >= 0.6 is 0 Å². The van der Waals surface area contributed by atoms with Crippen molar-refractivity contribution in [1.82, 2.24) is 10.6 Å². The Labute approximate surface area is 183 Å². The first-order valence-electron chi connectivity index (χ1n) is 10.2. The molecule has 7 nitrogen and oxygen atoms in total.